The quantitative estimate of drug-likeness (QED) is 0.525. The van der Waals surface area contributed by atoms with E-state index in [4.69, 9.17) is 4.52 Å². The van der Waals surface area contributed by atoms with Crippen LogP contribution in [0.3, 0.4) is 0 Å². The van der Waals surface area contributed by atoms with Gasteiger partial charge in [-0.05, 0) is 43.2 Å². The second-order valence-electron chi connectivity index (χ2n) is 7.57. The first-order chi connectivity index (χ1) is 14.8. The molecule has 2 amide bonds. The molecule has 0 aliphatic carbocycles. The summed E-state index contributed by atoms with van der Waals surface area (Å²) in [5.41, 5.74) is 4.02. The molecule has 0 radical (unpaired) electrons. The average Bonchev–Trinajstić information content (AvgIpc) is 3.20. The Morgan fingerprint density at radius 1 is 1.03 bits per heavy atom. The van der Waals surface area contributed by atoms with E-state index in [1.165, 1.54) is 11.8 Å². The van der Waals surface area contributed by atoms with E-state index in [-0.39, 0.29) is 29.2 Å². The van der Waals surface area contributed by atoms with E-state index >= 15 is 0 Å². The molecule has 8 heteroatoms. The summed E-state index contributed by atoms with van der Waals surface area (Å²) in [6.07, 6.45) is 0. The van der Waals surface area contributed by atoms with E-state index in [1.807, 2.05) is 70.2 Å². The zero-order chi connectivity index (χ0) is 22.4. The highest BCUT2D eigenvalue weighted by Crippen LogP contribution is 2.30. The molecule has 2 aromatic carbocycles. The van der Waals surface area contributed by atoms with Gasteiger partial charge >= 0.3 is 0 Å². The maximum atomic E-state index is 12.5. The first kappa shape index (κ1) is 22.6. The number of amides is 2. The van der Waals surface area contributed by atoms with Gasteiger partial charge in [-0.25, -0.2) is 0 Å². The largest absolute Gasteiger partial charge is 0.334 e. The molecular formula is C23H26N4O3S. The Morgan fingerprint density at radius 2 is 1.74 bits per heavy atom. The van der Waals surface area contributed by atoms with Crippen LogP contribution in [0.25, 0.3) is 11.5 Å². The number of carbonyl (C=O) groups is 2. The van der Waals surface area contributed by atoms with Crippen LogP contribution in [0, 0.1) is 13.8 Å². The lowest BCUT2D eigenvalue weighted by molar-refractivity contribution is -0.114. The normalized spacial score (nSPS) is 10.9. The van der Waals surface area contributed by atoms with Crippen molar-refractivity contribution in [2.75, 3.05) is 22.1 Å². The van der Waals surface area contributed by atoms with E-state index in [0.717, 1.165) is 16.8 Å². The number of benzene rings is 2. The van der Waals surface area contributed by atoms with E-state index in [9.17, 15) is 9.59 Å². The minimum absolute atomic E-state index is 0.141. The molecule has 1 heterocycles. The molecule has 0 saturated carbocycles. The van der Waals surface area contributed by atoms with Gasteiger partial charge in [-0.3, -0.25) is 9.59 Å². The highest BCUT2D eigenvalue weighted by Gasteiger charge is 2.18. The maximum absolute atomic E-state index is 12.5. The van der Waals surface area contributed by atoms with Crippen LogP contribution in [0.5, 0.6) is 0 Å². The van der Waals surface area contributed by atoms with E-state index in [2.05, 4.69) is 20.8 Å². The molecule has 2 N–H and O–H groups in total. The second kappa shape index (κ2) is 10.3. The molecule has 0 bridgehead atoms. The molecule has 7 nitrogen and oxygen atoms in total. The summed E-state index contributed by atoms with van der Waals surface area (Å²) >= 11 is 1.25. The lowest BCUT2D eigenvalue weighted by atomic mass is 10.1. The SMILES string of the molecule is Cc1cccc(NC(=O)CSCC(=O)Nc2c(C)cccc2-c2nc(C(C)C)no2)c1. The fourth-order valence-corrected chi connectivity index (χ4v) is 3.54. The highest BCUT2D eigenvalue weighted by atomic mass is 32.2. The summed E-state index contributed by atoms with van der Waals surface area (Å²) < 4.78 is 5.40. The van der Waals surface area contributed by atoms with Gasteiger partial charge in [0.25, 0.3) is 5.89 Å². The molecular weight excluding hydrogens is 412 g/mol. The van der Waals surface area contributed by atoms with Crippen LogP contribution in [-0.2, 0) is 9.59 Å². The van der Waals surface area contributed by atoms with E-state index < -0.39 is 0 Å². The molecule has 162 valence electrons. The third-order valence-corrected chi connectivity index (χ3v) is 5.43. The van der Waals surface area contributed by atoms with Crippen LogP contribution in [0.15, 0.2) is 47.0 Å². The molecule has 0 aliphatic rings. The Balaban J connectivity index is 1.58. The van der Waals surface area contributed by atoms with E-state index in [0.29, 0.717) is 23.0 Å². The lowest BCUT2D eigenvalue weighted by Crippen LogP contribution is -2.19. The Bertz CT molecular complexity index is 1080. The van der Waals surface area contributed by atoms with Gasteiger partial charge in [0.15, 0.2) is 5.82 Å². The Kier molecular flexibility index (Phi) is 7.46. The first-order valence-electron chi connectivity index (χ1n) is 10.0. The predicted octanol–water partition coefficient (Wildman–Crippen LogP) is 4.79. The molecule has 0 spiro atoms. The number of aromatic nitrogens is 2. The number of hydrogen-bond donors (Lipinski definition) is 2. The maximum Gasteiger partial charge on any atom is 0.260 e. The molecule has 0 aliphatic heterocycles. The topological polar surface area (TPSA) is 97.1 Å². The molecule has 0 unspecified atom stereocenters. The van der Waals surface area contributed by atoms with Crippen LogP contribution < -0.4 is 10.6 Å². The summed E-state index contributed by atoms with van der Waals surface area (Å²) in [4.78, 5) is 29.1. The number of hydrogen-bond acceptors (Lipinski definition) is 6. The van der Waals surface area contributed by atoms with Crippen molar-refractivity contribution >= 4 is 35.0 Å². The van der Waals surface area contributed by atoms with Crippen molar-refractivity contribution in [3.05, 3.63) is 59.4 Å². The summed E-state index contributed by atoms with van der Waals surface area (Å²) in [5.74, 6) is 1.11. The minimum atomic E-state index is -0.201. The molecule has 0 atom stereocenters. The van der Waals surface area contributed by atoms with Crippen molar-refractivity contribution in [3.8, 4) is 11.5 Å². The minimum Gasteiger partial charge on any atom is -0.334 e. The zero-order valence-corrected chi connectivity index (χ0v) is 18.9. The summed E-state index contributed by atoms with van der Waals surface area (Å²) in [5, 5.41) is 9.77. The summed E-state index contributed by atoms with van der Waals surface area (Å²) in [6, 6.07) is 13.2. The van der Waals surface area contributed by atoms with Crippen molar-refractivity contribution in [2.24, 2.45) is 0 Å². The van der Waals surface area contributed by atoms with Gasteiger partial charge in [0, 0.05) is 11.6 Å². The Labute approximate surface area is 186 Å². The number of thioether (sulfide) groups is 1. The van der Waals surface area contributed by atoms with Crippen molar-refractivity contribution in [1.29, 1.82) is 0 Å². The first-order valence-corrected chi connectivity index (χ1v) is 11.2. The van der Waals surface area contributed by atoms with Crippen molar-refractivity contribution in [1.82, 2.24) is 10.1 Å². The van der Waals surface area contributed by atoms with Gasteiger partial charge in [-0.15, -0.1) is 11.8 Å². The van der Waals surface area contributed by atoms with Gasteiger partial charge < -0.3 is 15.2 Å². The fraction of sp³-hybridized carbons (Fsp3) is 0.304. The van der Waals surface area contributed by atoms with Crippen molar-refractivity contribution in [2.45, 2.75) is 33.6 Å². The number of nitrogens with one attached hydrogen (secondary N) is 2. The summed E-state index contributed by atoms with van der Waals surface area (Å²) in [7, 11) is 0. The number of para-hydroxylation sites is 1. The third kappa shape index (κ3) is 6.18. The van der Waals surface area contributed by atoms with Crippen molar-refractivity contribution < 1.29 is 14.1 Å². The fourth-order valence-electron chi connectivity index (χ4n) is 2.92. The van der Waals surface area contributed by atoms with Crippen LogP contribution in [0.4, 0.5) is 11.4 Å². The van der Waals surface area contributed by atoms with E-state index in [1.54, 1.807) is 0 Å². The molecule has 0 fully saturated rings. The molecule has 0 saturated heterocycles. The molecule has 1 aromatic heterocycles. The van der Waals surface area contributed by atoms with Crippen LogP contribution in [0.1, 0.15) is 36.7 Å². The number of aryl methyl sites for hydroxylation is 2. The van der Waals surface area contributed by atoms with Crippen molar-refractivity contribution in [3.63, 3.8) is 0 Å². The van der Waals surface area contributed by atoms with Crippen LogP contribution in [-0.4, -0.2) is 33.5 Å². The number of nitrogens with zero attached hydrogens (tertiary/aromatic N) is 2. The Morgan fingerprint density at radius 3 is 2.42 bits per heavy atom. The van der Waals surface area contributed by atoms with Gasteiger partial charge in [0.2, 0.25) is 11.8 Å². The standard InChI is InChI=1S/C23H26N4O3S/c1-14(2)22-26-23(30-27-22)18-10-6-8-16(4)21(18)25-20(29)13-31-12-19(28)24-17-9-5-7-15(3)11-17/h5-11,14H,12-13H2,1-4H3,(H,24,28)(H,25,29). The zero-order valence-electron chi connectivity index (χ0n) is 18.1. The second-order valence-corrected chi connectivity index (χ2v) is 8.55. The van der Waals surface area contributed by atoms with Crippen LogP contribution >= 0.6 is 11.8 Å². The van der Waals surface area contributed by atoms with Crippen LogP contribution in [0.2, 0.25) is 0 Å². The third-order valence-electron chi connectivity index (χ3n) is 4.49. The number of carbonyl (C=O) groups excluding carboxylic acids is 2. The molecule has 3 rings (SSSR count). The highest BCUT2D eigenvalue weighted by molar-refractivity contribution is 8.00. The average molecular weight is 439 g/mol. The number of rotatable bonds is 8. The molecule has 3 aromatic rings. The van der Waals surface area contributed by atoms with Gasteiger partial charge in [0.1, 0.15) is 0 Å². The van der Waals surface area contributed by atoms with Gasteiger partial charge in [-0.1, -0.05) is 43.3 Å². The van der Waals surface area contributed by atoms with Gasteiger partial charge in [-0.2, -0.15) is 4.98 Å². The summed E-state index contributed by atoms with van der Waals surface area (Å²) in [6.45, 7) is 7.84. The lowest BCUT2D eigenvalue weighted by Gasteiger charge is -2.12. The predicted molar refractivity (Wildman–Crippen MR) is 124 cm³/mol. The smallest absolute Gasteiger partial charge is 0.260 e. The molecule has 31 heavy (non-hydrogen) atoms. The monoisotopic (exact) mass is 438 g/mol. The van der Waals surface area contributed by atoms with Gasteiger partial charge in [0.05, 0.1) is 22.8 Å². The Hall–Kier alpha value is -3.13. The number of anilines is 2.